The second kappa shape index (κ2) is 9.00. The fraction of sp³-hybridized carbons (Fsp3) is 0.652. The fourth-order valence-electron chi connectivity index (χ4n) is 5.02. The molecule has 4 atom stereocenters. The zero-order valence-corrected chi connectivity index (χ0v) is 21.5. The number of aromatic nitrogens is 2. The molecule has 5 heterocycles. The Kier molecular flexibility index (Phi) is 6.29. The van der Waals surface area contributed by atoms with Crippen LogP contribution in [0.5, 0.6) is 0 Å². The van der Waals surface area contributed by atoms with Crippen molar-refractivity contribution in [2.75, 3.05) is 50.9 Å². The van der Waals surface area contributed by atoms with Crippen molar-refractivity contribution in [1.29, 1.82) is 0 Å². The van der Waals surface area contributed by atoms with E-state index in [2.05, 4.69) is 33.8 Å². The quantitative estimate of drug-likeness (QED) is 0.600. The van der Waals surface area contributed by atoms with E-state index in [9.17, 15) is 13.2 Å². The Morgan fingerprint density at radius 2 is 1.89 bits per heavy atom. The third-order valence-electron chi connectivity index (χ3n) is 7.19. The van der Waals surface area contributed by atoms with Crippen LogP contribution in [0.1, 0.15) is 38.3 Å². The van der Waals surface area contributed by atoms with Gasteiger partial charge in [0.15, 0.2) is 0 Å². The van der Waals surface area contributed by atoms with E-state index in [-0.39, 0.29) is 34.8 Å². The van der Waals surface area contributed by atoms with Gasteiger partial charge in [-0.15, -0.1) is 0 Å². The lowest BCUT2D eigenvalue weighted by molar-refractivity contribution is -0.120. The van der Waals surface area contributed by atoms with Gasteiger partial charge in [0.2, 0.25) is 15.8 Å². The number of morpholine rings is 1. The minimum atomic E-state index is -3.90. The molecule has 11 nitrogen and oxygen atoms in total. The van der Waals surface area contributed by atoms with Gasteiger partial charge in [0, 0.05) is 44.5 Å². The number of carbonyl (C=O) groups is 1. The third-order valence-corrected chi connectivity index (χ3v) is 8.77. The van der Waals surface area contributed by atoms with E-state index in [0.717, 1.165) is 5.69 Å². The number of imidazole rings is 1. The number of hydrogen-bond donors (Lipinski definition) is 2. The van der Waals surface area contributed by atoms with Crippen molar-refractivity contribution in [3.8, 4) is 0 Å². The predicted octanol–water partition coefficient (Wildman–Crippen LogP) is 0.449. The molecule has 0 spiro atoms. The maximum absolute atomic E-state index is 13.6. The lowest BCUT2D eigenvalue weighted by Crippen LogP contribution is -2.65. The Labute approximate surface area is 205 Å². The Balaban J connectivity index is 1.60. The largest absolute Gasteiger partial charge is 0.378 e. The molecule has 2 aromatic heterocycles. The number of piperazine rings is 1. The summed E-state index contributed by atoms with van der Waals surface area (Å²) in [6.45, 7) is 11.5. The summed E-state index contributed by atoms with van der Waals surface area (Å²) in [5, 5.41) is 3.51. The van der Waals surface area contributed by atoms with Crippen molar-refractivity contribution >= 4 is 27.1 Å². The lowest BCUT2D eigenvalue weighted by atomic mass is 9.93. The molecule has 3 saturated heterocycles. The molecule has 3 fully saturated rings. The molecule has 0 radical (unpaired) electrons. The van der Waals surface area contributed by atoms with Crippen LogP contribution in [0.3, 0.4) is 0 Å². The van der Waals surface area contributed by atoms with Crippen molar-refractivity contribution in [2.45, 2.75) is 56.3 Å². The third kappa shape index (κ3) is 4.53. The molecule has 192 valence electrons. The molecule has 5 rings (SSSR count). The van der Waals surface area contributed by atoms with Crippen molar-refractivity contribution in [2.24, 2.45) is 0 Å². The number of ether oxygens (including phenoxy) is 2. The number of rotatable bonds is 5. The number of anilines is 1. The van der Waals surface area contributed by atoms with E-state index in [1.54, 1.807) is 21.6 Å². The van der Waals surface area contributed by atoms with Gasteiger partial charge in [-0.1, -0.05) is 0 Å². The Bertz CT molecular complexity index is 1220. The van der Waals surface area contributed by atoms with Crippen LogP contribution in [0.4, 0.5) is 5.69 Å². The van der Waals surface area contributed by atoms with Crippen molar-refractivity contribution < 1.29 is 22.7 Å². The summed E-state index contributed by atoms with van der Waals surface area (Å²) in [5.41, 5.74) is 0.756. The average Bonchev–Trinajstić information content (AvgIpc) is 3.25. The SMILES string of the molecule is CC1OCC1(C)NS(=O)(=O)c1cc(N2C[C@H](C)N[C@@H](C)C2)c2cnc(C(=O)N3CCOCC3)n2c1. The number of fused-ring (bicyclic) bond motifs is 1. The zero-order chi connectivity index (χ0) is 25.0. The molecule has 0 aromatic carbocycles. The van der Waals surface area contributed by atoms with Gasteiger partial charge < -0.3 is 24.6 Å². The summed E-state index contributed by atoms with van der Waals surface area (Å²) >= 11 is 0. The Morgan fingerprint density at radius 1 is 1.20 bits per heavy atom. The molecule has 1 amide bonds. The molecule has 0 aliphatic carbocycles. The minimum absolute atomic E-state index is 0.0909. The standard InChI is InChI=1S/C23H34N6O5S/c1-15-11-28(12-16(2)25-15)19-9-18(35(31,32)26-23(4)14-34-17(23)3)13-29-20(19)10-24-21(29)22(30)27-5-7-33-8-6-27/h9-10,13,15-17,25-26H,5-8,11-12,14H2,1-4H3/t15-,16-,17?,23?/m0/s1. The number of carbonyl (C=O) groups excluding carboxylic acids is 1. The summed E-state index contributed by atoms with van der Waals surface area (Å²) in [6.07, 6.45) is 2.93. The number of hydrogen-bond acceptors (Lipinski definition) is 8. The van der Waals surface area contributed by atoms with Gasteiger partial charge in [-0.3, -0.25) is 9.20 Å². The van der Waals surface area contributed by atoms with Crippen LogP contribution in [0.15, 0.2) is 23.4 Å². The van der Waals surface area contributed by atoms with Crippen LogP contribution in [0.25, 0.3) is 5.52 Å². The molecular formula is C23H34N6O5S. The molecule has 12 heteroatoms. The number of amides is 1. The summed E-state index contributed by atoms with van der Waals surface area (Å²) in [5.74, 6) is -0.0419. The number of nitrogens with one attached hydrogen (secondary N) is 2. The van der Waals surface area contributed by atoms with E-state index >= 15 is 0 Å². The van der Waals surface area contributed by atoms with Gasteiger partial charge in [0.05, 0.1) is 48.9 Å². The first-order valence-electron chi connectivity index (χ1n) is 12.1. The highest BCUT2D eigenvalue weighted by atomic mass is 32.2. The zero-order valence-electron chi connectivity index (χ0n) is 20.7. The van der Waals surface area contributed by atoms with Crippen LogP contribution < -0.4 is 14.9 Å². The van der Waals surface area contributed by atoms with E-state index < -0.39 is 15.6 Å². The topological polar surface area (TPSA) is 118 Å². The first kappa shape index (κ1) is 24.4. The van der Waals surface area contributed by atoms with Crippen LogP contribution in [-0.2, 0) is 19.5 Å². The van der Waals surface area contributed by atoms with Crippen LogP contribution in [0, 0.1) is 0 Å². The molecule has 35 heavy (non-hydrogen) atoms. The summed E-state index contributed by atoms with van der Waals surface area (Å²) in [4.78, 5) is 21.7. The highest BCUT2D eigenvalue weighted by Gasteiger charge is 2.45. The van der Waals surface area contributed by atoms with E-state index in [0.29, 0.717) is 51.5 Å². The minimum Gasteiger partial charge on any atom is -0.378 e. The van der Waals surface area contributed by atoms with Crippen molar-refractivity contribution in [1.82, 2.24) is 24.3 Å². The molecule has 3 aliphatic heterocycles. The van der Waals surface area contributed by atoms with Gasteiger partial charge >= 0.3 is 0 Å². The molecular weight excluding hydrogens is 472 g/mol. The van der Waals surface area contributed by atoms with E-state index in [1.165, 1.54) is 6.20 Å². The highest BCUT2D eigenvalue weighted by molar-refractivity contribution is 7.89. The maximum atomic E-state index is 13.6. The van der Waals surface area contributed by atoms with Crippen molar-refractivity contribution in [3.63, 3.8) is 0 Å². The van der Waals surface area contributed by atoms with E-state index in [4.69, 9.17) is 9.47 Å². The first-order valence-corrected chi connectivity index (χ1v) is 13.6. The molecule has 0 bridgehead atoms. The summed E-state index contributed by atoms with van der Waals surface area (Å²) in [6, 6.07) is 2.14. The highest BCUT2D eigenvalue weighted by Crippen LogP contribution is 2.31. The van der Waals surface area contributed by atoms with Gasteiger partial charge in [0.1, 0.15) is 4.90 Å². The van der Waals surface area contributed by atoms with E-state index in [1.807, 2.05) is 13.8 Å². The lowest BCUT2D eigenvalue weighted by Gasteiger charge is -2.45. The average molecular weight is 507 g/mol. The monoisotopic (exact) mass is 506 g/mol. The van der Waals surface area contributed by atoms with Crippen molar-refractivity contribution in [3.05, 3.63) is 24.3 Å². The van der Waals surface area contributed by atoms with Gasteiger partial charge in [0.25, 0.3) is 5.91 Å². The number of sulfonamides is 1. The Hall–Kier alpha value is -2.25. The smallest absolute Gasteiger partial charge is 0.290 e. The first-order chi connectivity index (χ1) is 16.6. The second-order valence-corrected chi connectivity index (χ2v) is 11.8. The van der Waals surface area contributed by atoms with Gasteiger partial charge in [-0.25, -0.2) is 18.1 Å². The van der Waals surface area contributed by atoms with Gasteiger partial charge in [-0.2, -0.15) is 0 Å². The van der Waals surface area contributed by atoms with Crippen LogP contribution >= 0.6 is 0 Å². The van der Waals surface area contributed by atoms with Crippen LogP contribution in [-0.4, -0.2) is 98.3 Å². The summed E-state index contributed by atoms with van der Waals surface area (Å²) in [7, 11) is -3.90. The summed E-state index contributed by atoms with van der Waals surface area (Å²) < 4.78 is 42.4. The Morgan fingerprint density at radius 3 is 2.49 bits per heavy atom. The molecule has 2 aromatic rings. The number of nitrogens with zero attached hydrogens (tertiary/aromatic N) is 4. The molecule has 0 saturated carbocycles. The maximum Gasteiger partial charge on any atom is 0.290 e. The predicted molar refractivity (Wildman–Crippen MR) is 130 cm³/mol. The fourth-order valence-corrected chi connectivity index (χ4v) is 6.49. The molecule has 2 N–H and O–H groups in total. The normalized spacial score (nSPS) is 29.9. The molecule has 2 unspecified atom stereocenters. The second-order valence-electron chi connectivity index (χ2n) is 10.2. The van der Waals surface area contributed by atoms with Gasteiger partial charge in [-0.05, 0) is 33.8 Å². The van der Waals surface area contributed by atoms with Crippen LogP contribution in [0.2, 0.25) is 0 Å². The molecule has 3 aliphatic rings. The number of pyridine rings is 1.